The molecule has 6 aromatic rings. The van der Waals surface area contributed by atoms with Gasteiger partial charge in [0, 0.05) is 11.4 Å². The molecule has 0 spiro atoms. The van der Waals surface area contributed by atoms with Gasteiger partial charge in [-0.3, -0.25) is 0 Å². The minimum Gasteiger partial charge on any atom is -0.308 e. The molecular weight excluding hydrogens is 412 g/mol. The molecule has 4 aromatic carbocycles. The number of benzene rings is 4. The van der Waals surface area contributed by atoms with Crippen LogP contribution >= 0.6 is 0 Å². The Morgan fingerprint density at radius 3 is 0.912 bits per heavy atom. The average molecular weight is 437 g/mol. The Labute approximate surface area is 200 Å². The van der Waals surface area contributed by atoms with Gasteiger partial charge in [0.2, 0.25) is 0 Å². The lowest BCUT2D eigenvalue weighted by atomic mass is 10.1. The van der Waals surface area contributed by atoms with Crippen LogP contribution in [0.3, 0.4) is 0 Å². The molecule has 0 aliphatic rings. The van der Waals surface area contributed by atoms with E-state index < -0.39 is 0 Å². The molecule has 2 aromatic heterocycles. The van der Waals surface area contributed by atoms with Gasteiger partial charge < -0.3 is 9.13 Å². The Hall–Kier alpha value is -4.56. The standard InChI is InChI=1S/C32H24N2/c1-5-13-25(14-6-1)29-21-23-31(33(29)27-17-9-3-10-18-27)32-24-22-30(26-15-7-2-8-16-26)34(32)28-19-11-4-12-20-28/h1-24H. The van der Waals surface area contributed by atoms with Crippen LogP contribution in [-0.2, 0) is 0 Å². The predicted octanol–water partition coefficient (Wildman–Crippen LogP) is 8.27. The van der Waals surface area contributed by atoms with Crippen LogP contribution < -0.4 is 0 Å². The Balaban J connectivity index is 1.63. The van der Waals surface area contributed by atoms with Crippen molar-refractivity contribution in [2.24, 2.45) is 0 Å². The van der Waals surface area contributed by atoms with E-state index in [0.29, 0.717) is 0 Å². The fourth-order valence-electron chi connectivity index (χ4n) is 4.65. The number of para-hydroxylation sites is 2. The average Bonchev–Trinajstić information content (AvgIpc) is 3.55. The number of aromatic nitrogens is 2. The van der Waals surface area contributed by atoms with Gasteiger partial charge in [0.1, 0.15) is 0 Å². The minimum absolute atomic E-state index is 1.14. The second-order valence-electron chi connectivity index (χ2n) is 8.28. The van der Waals surface area contributed by atoms with Crippen LogP contribution in [-0.4, -0.2) is 9.13 Å². The van der Waals surface area contributed by atoms with Gasteiger partial charge in [0.25, 0.3) is 0 Å². The number of hydrogen-bond acceptors (Lipinski definition) is 0. The second kappa shape index (κ2) is 8.76. The lowest BCUT2D eigenvalue weighted by Gasteiger charge is -2.18. The van der Waals surface area contributed by atoms with E-state index in [1.807, 2.05) is 0 Å². The molecule has 0 unspecified atom stereocenters. The number of rotatable bonds is 5. The van der Waals surface area contributed by atoms with Crippen molar-refractivity contribution in [3.63, 3.8) is 0 Å². The molecule has 0 bridgehead atoms. The first-order valence-electron chi connectivity index (χ1n) is 11.6. The molecular formula is C32H24N2. The van der Waals surface area contributed by atoms with E-state index in [9.17, 15) is 0 Å². The molecule has 2 heteroatoms. The van der Waals surface area contributed by atoms with Crippen LogP contribution in [0.2, 0.25) is 0 Å². The van der Waals surface area contributed by atoms with Crippen molar-refractivity contribution in [3.05, 3.63) is 146 Å². The summed E-state index contributed by atoms with van der Waals surface area (Å²) < 4.78 is 4.72. The van der Waals surface area contributed by atoms with Crippen molar-refractivity contribution in [1.82, 2.24) is 9.13 Å². The van der Waals surface area contributed by atoms with E-state index >= 15 is 0 Å². The Kier molecular flexibility index (Phi) is 5.17. The molecule has 0 amide bonds. The first kappa shape index (κ1) is 20.1. The maximum Gasteiger partial charge on any atom is 0.0703 e. The highest BCUT2D eigenvalue weighted by Gasteiger charge is 2.19. The van der Waals surface area contributed by atoms with E-state index in [2.05, 4.69) is 155 Å². The van der Waals surface area contributed by atoms with Gasteiger partial charge in [0.05, 0.1) is 22.8 Å². The smallest absolute Gasteiger partial charge is 0.0703 e. The van der Waals surface area contributed by atoms with Gasteiger partial charge in [-0.25, -0.2) is 0 Å². The van der Waals surface area contributed by atoms with Gasteiger partial charge in [-0.05, 0) is 59.7 Å². The van der Waals surface area contributed by atoms with Crippen LogP contribution in [0.25, 0.3) is 45.3 Å². The van der Waals surface area contributed by atoms with Gasteiger partial charge in [-0.2, -0.15) is 0 Å². The number of hydrogen-bond donors (Lipinski definition) is 0. The summed E-state index contributed by atoms with van der Waals surface area (Å²) in [7, 11) is 0. The summed E-state index contributed by atoms with van der Waals surface area (Å²) >= 11 is 0. The molecule has 0 fully saturated rings. The summed E-state index contributed by atoms with van der Waals surface area (Å²) in [5.41, 5.74) is 9.31. The first-order chi connectivity index (χ1) is 16.9. The molecule has 6 rings (SSSR count). The summed E-state index contributed by atoms with van der Waals surface area (Å²) in [5, 5.41) is 0. The Morgan fingerprint density at radius 2 is 0.559 bits per heavy atom. The largest absolute Gasteiger partial charge is 0.308 e. The molecule has 162 valence electrons. The highest BCUT2D eigenvalue weighted by Crippen LogP contribution is 2.37. The zero-order valence-corrected chi connectivity index (χ0v) is 18.8. The number of nitrogens with zero attached hydrogens (tertiary/aromatic N) is 2. The monoisotopic (exact) mass is 436 g/mol. The molecule has 0 aliphatic heterocycles. The first-order valence-corrected chi connectivity index (χ1v) is 11.6. The van der Waals surface area contributed by atoms with Crippen molar-refractivity contribution >= 4 is 0 Å². The molecule has 0 saturated carbocycles. The van der Waals surface area contributed by atoms with E-state index in [-0.39, 0.29) is 0 Å². The molecule has 0 aliphatic carbocycles. The maximum atomic E-state index is 2.36. The van der Waals surface area contributed by atoms with Crippen molar-refractivity contribution < 1.29 is 0 Å². The van der Waals surface area contributed by atoms with Crippen molar-refractivity contribution in [2.75, 3.05) is 0 Å². The summed E-state index contributed by atoms with van der Waals surface area (Å²) in [6, 6.07) is 51.3. The lowest BCUT2D eigenvalue weighted by Crippen LogP contribution is -2.04. The third-order valence-corrected chi connectivity index (χ3v) is 6.19. The molecule has 34 heavy (non-hydrogen) atoms. The van der Waals surface area contributed by atoms with Crippen LogP contribution in [0.4, 0.5) is 0 Å². The fraction of sp³-hybridized carbons (Fsp3) is 0. The van der Waals surface area contributed by atoms with E-state index in [0.717, 1.165) is 22.8 Å². The predicted molar refractivity (Wildman–Crippen MR) is 141 cm³/mol. The highest BCUT2D eigenvalue weighted by molar-refractivity contribution is 5.77. The highest BCUT2D eigenvalue weighted by atomic mass is 15.1. The van der Waals surface area contributed by atoms with Gasteiger partial charge in [-0.15, -0.1) is 0 Å². The molecule has 0 atom stereocenters. The van der Waals surface area contributed by atoms with E-state index in [1.165, 1.54) is 22.5 Å². The second-order valence-corrected chi connectivity index (χ2v) is 8.28. The van der Waals surface area contributed by atoms with Crippen LogP contribution in [0.5, 0.6) is 0 Å². The van der Waals surface area contributed by atoms with E-state index in [4.69, 9.17) is 0 Å². The van der Waals surface area contributed by atoms with Gasteiger partial charge in [-0.1, -0.05) is 97.1 Å². The fourth-order valence-corrected chi connectivity index (χ4v) is 4.65. The molecule has 2 heterocycles. The van der Waals surface area contributed by atoms with Gasteiger partial charge in [0.15, 0.2) is 0 Å². The third-order valence-electron chi connectivity index (χ3n) is 6.19. The zero-order valence-electron chi connectivity index (χ0n) is 18.8. The van der Waals surface area contributed by atoms with Crippen molar-refractivity contribution in [2.45, 2.75) is 0 Å². The summed E-state index contributed by atoms with van der Waals surface area (Å²) in [6.07, 6.45) is 0. The van der Waals surface area contributed by atoms with E-state index in [1.54, 1.807) is 0 Å². The zero-order chi connectivity index (χ0) is 22.7. The molecule has 2 nitrogen and oxygen atoms in total. The van der Waals surface area contributed by atoms with Crippen molar-refractivity contribution in [3.8, 4) is 45.3 Å². The minimum atomic E-state index is 1.14. The normalized spacial score (nSPS) is 10.9. The quantitative estimate of drug-likeness (QED) is 0.257. The maximum absolute atomic E-state index is 2.36. The van der Waals surface area contributed by atoms with Gasteiger partial charge >= 0.3 is 0 Å². The summed E-state index contributed by atoms with van der Waals surface area (Å²) in [4.78, 5) is 0. The molecule has 0 radical (unpaired) electrons. The summed E-state index contributed by atoms with van der Waals surface area (Å²) in [5.74, 6) is 0. The summed E-state index contributed by atoms with van der Waals surface area (Å²) in [6.45, 7) is 0. The van der Waals surface area contributed by atoms with Crippen LogP contribution in [0.15, 0.2) is 146 Å². The molecule has 0 N–H and O–H groups in total. The Bertz CT molecular complexity index is 1390. The van der Waals surface area contributed by atoms with Crippen molar-refractivity contribution in [1.29, 1.82) is 0 Å². The van der Waals surface area contributed by atoms with Crippen LogP contribution in [0.1, 0.15) is 0 Å². The SMILES string of the molecule is c1ccc(-c2ccc(-c3ccc(-c4ccccc4)n3-c3ccccc3)n2-c2ccccc2)cc1. The third kappa shape index (κ3) is 3.56. The van der Waals surface area contributed by atoms with Crippen LogP contribution in [0, 0.1) is 0 Å². The Morgan fingerprint density at radius 1 is 0.265 bits per heavy atom. The topological polar surface area (TPSA) is 9.86 Å². The lowest BCUT2D eigenvalue weighted by molar-refractivity contribution is 1.04. The molecule has 0 saturated heterocycles.